The van der Waals surface area contributed by atoms with E-state index in [9.17, 15) is 0 Å². The molecule has 2 aromatic carbocycles. The van der Waals surface area contributed by atoms with Crippen LogP contribution in [0.2, 0.25) is 0 Å². The molecule has 0 aliphatic carbocycles. The first-order valence-corrected chi connectivity index (χ1v) is 9.30. The predicted octanol–water partition coefficient (Wildman–Crippen LogP) is 3.58. The molecule has 0 unspecified atom stereocenters. The lowest BCUT2D eigenvalue weighted by Gasteiger charge is -2.24. The molecule has 146 valence electrons. The number of fused-ring (bicyclic) bond motifs is 1. The molecule has 8 heteroatoms. The molecule has 29 heavy (non-hydrogen) atoms. The Labute approximate surface area is 167 Å². The molecule has 0 saturated carbocycles. The molecule has 5 rings (SSSR count). The van der Waals surface area contributed by atoms with Crippen molar-refractivity contribution in [3.63, 3.8) is 0 Å². The topological polar surface area (TPSA) is 88.1 Å². The van der Waals surface area contributed by atoms with Crippen molar-refractivity contribution in [2.45, 2.75) is 26.2 Å². The van der Waals surface area contributed by atoms with Crippen LogP contribution in [0.25, 0.3) is 23.0 Å². The van der Waals surface area contributed by atoms with Crippen LogP contribution in [0.1, 0.15) is 22.9 Å². The number of nitrogens with zero attached hydrogens (tertiary/aromatic N) is 5. The van der Waals surface area contributed by atoms with Gasteiger partial charge in [-0.05, 0) is 36.8 Å². The van der Waals surface area contributed by atoms with Crippen molar-refractivity contribution in [3.8, 4) is 28.7 Å². The number of hydrogen-bond acceptors (Lipinski definition) is 7. The minimum atomic E-state index is -0.0576. The Morgan fingerprint density at radius 3 is 2.62 bits per heavy atom. The normalized spacial score (nSPS) is 15.9. The molecule has 1 atom stereocenters. The van der Waals surface area contributed by atoms with Crippen LogP contribution >= 0.6 is 0 Å². The lowest BCUT2D eigenvalue weighted by Crippen LogP contribution is -2.22. The fourth-order valence-corrected chi connectivity index (χ4v) is 3.34. The summed E-state index contributed by atoms with van der Waals surface area (Å²) in [6.07, 6.45) is -0.0576. The molecule has 0 saturated heterocycles. The maximum absolute atomic E-state index is 6.07. The molecule has 8 nitrogen and oxygen atoms in total. The largest absolute Gasteiger partial charge is 0.497 e. The van der Waals surface area contributed by atoms with Crippen molar-refractivity contribution < 1.29 is 14.0 Å². The molecular formula is C21H19N5O3. The summed E-state index contributed by atoms with van der Waals surface area (Å²) in [6, 6.07) is 15.8. The van der Waals surface area contributed by atoms with Gasteiger partial charge in [0, 0.05) is 5.56 Å². The van der Waals surface area contributed by atoms with Crippen molar-refractivity contribution >= 4 is 0 Å². The molecule has 0 spiro atoms. The molecule has 0 bridgehead atoms. The van der Waals surface area contributed by atoms with Crippen LogP contribution in [0, 0.1) is 6.92 Å². The fraction of sp³-hybridized carbons (Fsp3) is 0.238. The van der Waals surface area contributed by atoms with Crippen molar-refractivity contribution in [2.75, 3.05) is 7.11 Å². The summed E-state index contributed by atoms with van der Waals surface area (Å²) < 4.78 is 18.5. The van der Waals surface area contributed by atoms with Gasteiger partial charge in [-0.3, -0.25) is 0 Å². The van der Waals surface area contributed by atoms with Crippen molar-refractivity contribution in [2.24, 2.45) is 0 Å². The first kappa shape index (κ1) is 17.6. The average Bonchev–Trinajstić information content (AvgIpc) is 3.41. The number of methoxy groups -OCH3 is 1. The molecule has 0 N–H and O–H groups in total. The van der Waals surface area contributed by atoms with Gasteiger partial charge in [-0.1, -0.05) is 40.2 Å². The second kappa shape index (κ2) is 7.14. The molecule has 2 aromatic heterocycles. The molecule has 3 heterocycles. The third kappa shape index (κ3) is 3.27. The Balaban J connectivity index is 1.39. The molecule has 0 amide bonds. The standard InChI is InChI=1S/C21H19N5O3/c1-13-3-5-14(6-4-13)18-11-26-17(12-28-18)19(23-25-26)20-22-21(29-24-20)15-7-9-16(27-2)10-8-15/h3-10,18H,11-12H2,1-2H3/t18-/m0/s1. The quantitative estimate of drug-likeness (QED) is 0.527. The van der Waals surface area contributed by atoms with E-state index in [4.69, 9.17) is 14.0 Å². The van der Waals surface area contributed by atoms with Gasteiger partial charge in [-0.2, -0.15) is 4.98 Å². The second-order valence-electron chi connectivity index (χ2n) is 6.93. The van der Waals surface area contributed by atoms with Crippen molar-refractivity contribution in [1.82, 2.24) is 25.1 Å². The second-order valence-corrected chi connectivity index (χ2v) is 6.93. The number of aromatic nitrogens is 5. The van der Waals surface area contributed by atoms with Crippen LogP contribution in [0.3, 0.4) is 0 Å². The first-order chi connectivity index (χ1) is 14.2. The van der Waals surface area contributed by atoms with Gasteiger partial charge in [0.1, 0.15) is 11.9 Å². The maximum atomic E-state index is 6.07. The zero-order chi connectivity index (χ0) is 19.8. The number of aryl methyl sites for hydroxylation is 1. The Kier molecular flexibility index (Phi) is 4.33. The third-order valence-electron chi connectivity index (χ3n) is 5.02. The minimum absolute atomic E-state index is 0.0576. The van der Waals surface area contributed by atoms with E-state index < -0.39 is 0 Å². The van der Waals surface area contributed by atoms with Gasteiger partial charge in [-0.25, -0.2) is 4.68 Å². The van der Waals surface area contributed by atoms with E-state index in [-0.39, 0.29) is 6.10 Å². The summed E-state index contributed by atoms with van der Waals surface area (Å²) in [7, 11) is 1.63. The third-order valence-corrected chi connectivity index (χ3v) is 5.02. The smallest absolute Gasteiger partial charge is 0.258 e. The molecule has 1 aliphatic heterocycles. The van der Waals surface area contributed by atoms with Crippen molar-refractivity contribution in [1.29, 1.82) is 0 Å². The summed E-state index contributed by atoms with van der Waals surface area (Å²) in [5.41, 5.74) is 4.57. The number of rotatable bonds is 4. The van der Waals surface area contributed by atoms with Gasteiger partial charge in [-0.15, -0.1) is 5.10 Å². The highest BCUT2D eigenvalue weighted by atomic mass is 16.5. The zero-order valence-electron chi connectivity index (χ0n) is 16.1. The van der Waals surface area contributed by atoms with Gasteiger partial charge < -0.3 is 14.0 Å². The number of benzene rings is 2. The fourth-order valence-electron chi connectivity index (χ4n) is 3.34. The van der Waals surface area contributed by atoms with E-state index in [0.717, 1.165) is 22.6 Å². The zero-order valence-corrected chi connectivity index (χ0v) is 16.1. The van der Waals surface area contributed by atoms with Crippen molar-refractivity contribution in [3.05, 3.63) is 65.4 Å². The summed E-state index contributed by atoms with van der Waals surface area (Å²) in [6.45, 7) is 3.04. The van der Waals surface area contributed by atoms with E-state index in [1.165, 1.54) is 5.56 Å². The molecular weight excluding hydrogens is 370 g/mol. The molecule has 4 aromatic rings. The van der Waals surface area contributed by atoms with Gasteiger partial charge in [0.15, 0.2) is 5.69 Å². The van der Waals surface area contributed by atoms with Crippen LogP contribution < -0.4 is 4.74 Å². The molecule has 0 radical (unpaired) electrons. The van der Waals surface area contributed by atoms with E-state index >= 15 is 0 Å². The van der Waals surface area contributed by atoms with E-state index in [2.05, 4.69) is 51.6 Å². The highest BCUT2D eigenvalue weighted by molar-refractivity contribution is 5.59. The van der Waals surface area contributed by atoms with Crippen LogP contribution in [-0.4, -0.2) is 32.2 Å². The van der Waals surface area contributed by atoms with E-state index in [1.54, 1.807) is 7.11 Å². The highest BCUT2D eigenvalue weighted by Crippen LogP contribution is 2.31. The van der Waals surface area contributed by atoms with E-state index in [1.807, 2.05) is 28.9 Å². The summed E-state index contributed by atoms with van der Waals surface area (Å²) in [5, 5.41) is 12.6. The average molecular weight is 389 g/mol. The monoisotopic (exact) mass is 389 g/mol. The summed E-state index contributed by atoms with van der Waals surface area (Å²) in [4.78, 5) is 4.48. The Hall–Kier alpha value is -3.52. The van der Waals surface area contributed by atoms with E-state index in [0.29, 0.717) is 30.6 Å². The number of ether oxygens (including phenoxy) is 2. The molecule has 1 aliphatic rings. The van der Waals surface area contributed by atoms with Crippen LogP contribution in [-0.2, 0) is 17.9 Å². The minimum Gasteiger partial charge on any atom is -0.497 e. The van der Waals surface area contributed by atoms with Crippen LogP contribution in [0.15, 0.2) is 53.1 Å². The lowest BCUT2D eigenvalue weighted by molar-refractivity contribution is -0.00112. The summed E-state index contributed by atoms with van der Waals surface area (Å²) >= 11 is 0. The molecule has 0 fully saturated rings. The first-order valence-electron chi connectivity index (χ1n) is 9.30. The Morgan fingerprint density at radius 2 is 1.86 bits per heavy atom. The lowest BCUT2D eigenvalue weighted by atomic mass is 10.1. The van der Waals surface area contributed by atoms with Gasteiger partial charge in [0.25, 0.3) is 5.89 Å². The Morgan fingerprint density at radius 1 is 1.07 bits per heavy atom. The van der Waals surface area contributed by atoms with Crippen LogP contribution in [0.4, 0.5) is 0 Å². The maximum Gasteiger partial charge on any atom is 0.258 e. The van der Waals surface area contributed by atoms with Gasteiger partial charge in [0.2, 0.25) is 5.82 Å². The van der Waals surface area contributed by atoms with Crippen LogP contribution in [0.5, 0.6) is 5.75 Å². The van der Waals surface area contributed by atoms with Gasteiger partial charge in [0.05, 0.1) is 26.0 Å². The Bertz CT molecular complexity index is 1130. The summed E-state index contributed by atoms with van der Waals surface area (Å²) in [5.74, 6) is 1.58. The highest BCUT2D eigenvalue weighted by Gasteiger charge is 2.27. The SMILES string of the molecule is COc1ccc(-c2nc(-c3nnn4c3CO[C@H](c3ccc(C)cc3)C4)no2)cc1. The number of hydrogen-bond donors (Lipinski definition) is 0. The van der Waals surface area contributed by atoms with Gasteiger partial charge >= 0.3 is 0 Å². The predicted molar refractivity (Wildman–Crippen MR) is 104 cm³/mol.